The number of rotatable bonds is 2. The van der Waals surface area contributed by atoms with Gasteiger partial charge in [0.25, 0.3) is 0 Å². The smallest absolute Gasteiger partial charge is 0.210 e. The van der Waals surface area contributed by atoms with Crippen LogP contribution in [0.3, 0.4) is 0 Å². The van der Waals surface area contributed by atoms with Crippen molar-refractivity contribution in [1.82, 2.24) is 5.01 Å². The second-order valence-corrected chi connectivity index (χ2v) is 5.89. The van der Waals surface area contributed by atoms with Gasteiger partial charge in [-0.15, -0.1) is 0 Å². The predicted molar refractivity (Wildman–Crippen MR) is 89.1 cm³/mol. The second kappa shape index (κ2) is 5.37. The van der Waals surface area contributed by atoms with Gasteiger partial charge in [-0.3, -0.25) is 14.8 Å². The van der Waals surface area contributed by atoms with Gasteiger partial charge in [0.2, 0.25) is 5.78 Å². The van der Waals surface area contributed by atoms with Crippen molar-refractivity contribution in [1.29, 1.82) is 0 Å². The van der Waals surface area contributed by atoms with E-state index in [2.05, 4.69) is 15.9 Å². The number of ketones is 1. The number of allylic oxidation sites excluding steroid dienone is 1. The van der Waals surface area contributed by atoms with Crippen LogP contribution in [0.5, 0.6) is 0 Å². The van der Waals surface area contributed by atoms with E-state index in [1.54, 1.807) is 0 Å². The molecule has 3 rings (SSSR count). The molecule has 0 saturated carbocycles. The minimum Gasteiger partial charge on any atom is -0.288 e. The fourth-order valence-corrected chi connectivity index (χ4v) is 2.69. The Labute approximate surface area is 132 Å². The molecule has 106 valence electrons. The minimum absolute atomic E-state index is 0.0198. The van der Waals surface area contributed by atoms with E-state index in [-0.39, 0.29) is 5.78 Å². The lowest BCUT2D eigenvalue weighted by Gasteiger charge is -2.37. The second-order valence-electron chi connectivity index (χ2n) is 4.97. The normalized spacial score (nSPS) is 13.8. The van der Waals surface area contributed by atoms with Crippen molar-refractivity contribution in [2.45, 2.75) is 0 Å². The number of hydrogen-bond acceptors (Lipinski definition) is 3. The summed E-state index contributed by atoms with van der Waals surface area (Å²) in [6.45, 7) is 0. The number of halogens is 1. The molecule has 0 N–H and O–H groups in total. The minimum atomic E-state index is 0.0198. The zero-order valence-electron chi connectivity index (χ0n) is 11.9. The predicted octanol–water partition coefficient (Wildman–Crippen LogP) is 3.97. The van der Waals surface area contributed by atoms with E-state index in [0.717, 1.165) is 15.7 Å². The number of benzene rings is 2. The van der Waals surface area contributed by atoms with Crippen molar-refractivity contribution in [2.75, 3.05) is 19.1 Å². The van der Waals surface area contributed by atoms with Crippen molar-refractivity contribution in [3.05, 3.63) is 69.8 Å². The van der Waals surface area contributed by atoms with Crippen LogP contribution in [0.15, 0.2) is 58.7 Å². The van der Waals surface area contributed by atoms with Crippen LogP contribution in [-0.4, -0.2) is 24.9 Å². The van der Waals surface area contributed by atoms with Gasteiger partial charge >= 0.3 is 0 Å². The molecule has 21 heavy (non-hydrogen) atoms. The van der Waals surface area contributed by atoms with E-state index in [0.29, 0.717) is 11.3 Å². The van der Waals surface area contributed by atoms with Crippen LogP contribution in [0.2, 0.25) is 0 Å². The van der Waals surface area contributed by atoms with Gasteiger partial charge in [0, 0.05) is 29.7 Å². The molecule has 0 unspecified atom stereocenters. The molecule has 0 aromatic heterocycles. The summed E-state index contributed by atoms with van der Waals surface area (Å²) in [6, 6.07) is 15.5. The number of Topliss-reactive ketones (excluding diaryl/α,β-unsaturated/α-hetero) is 1. The van der Waals surface area contributed by atoms with Crippen molar-refractivity contribution < 1.29 is 4.79 Å². The Morgan fingerprint density at radius 3 is 2.33 bits per heavy atom. The largest absolute Gasteiger partial charge is 0.288 e. The first kappa shape index (κ1) is 13.9. The summed E-state index contributed by atoms with van der Waals surface area (Å²) in [5.74, 6) is 0.0198. The van der Waals surface area contributed by atoms with Gasteiger partial charge in [-0.25, -0.2) is 0 Å². The molecule has 1 heterocycles. The Kier molecular flexibility index (Phi) is 3.55. The van der Waals surface area contributed by atoms with Gasteiger partial charge in [0.05, 0.1) is 5.69 Å². The SMILES string of the molecule is CN1C(C(=O)c2ccc(Br)cc2)=Cc2ccccc2N1C. The number of hydrazine groups is 1. The summed E-state index contributed by atoms with van der Waals surface area (Å²) in [6.07, 6.45) is 1.94. The van der Waals surface area contributed by atoms with Gasteiger partial charge in [-0.2, -0.15) is 0 Å². The molecule has 0 radical (unpaired) electrons. The number of anilines is 1. The van der Waals surface area contributed by atoms with Crippen molar-refractivity contribution >= 4 is 33.5 Å². The van der Waals surface area contributed by atoms with Crippen LogP contribution in [-0.2, 0) is 0 Å². The molecule has 0 amide bonds. The Morgan fingerprint density at radius 1 is 0.952 bits per heavy atom. The fourth-order valence-electron chi connectivity index (χ4n) is 2.43. The topological polar surface area (TPSA) is 23.6 Å². The van der Waals surface area contributed by atoms with E-state index in [1.807, 2.05) is 78.7 Å². The number of fused-ring (bicyclic) bond motifs is 1. The van der Waals surface area contributed by atoms with Crippen LogP contribution in [0.1, 0.15) is 15.9 Å². The highest BCUT2D eigenvalue weighted by atomic mass is 79.9. The monoisotopic (exact) mass is 342 g/mol. The van der Waals surface area contributed by atoms with Crippen LogP contribution in [0.25, 0.3) is 6.08 Å². The zero-order chi connectivity index (χ0) is 15.0. The third-order valence-electron chi connectivity index (χ3n) is 3.72. The summed E-state index contributed by atoms with van der Waals surface area (Å²) in [5.41, 5.74) is 3.49. The lowest BCUT2D eigenvalue weighted by atomic mass is 10.0. The lowest BCUT2D eigenvalue weighted by Crippen LogP contribution is -2.40. The third-order valence-corrected chi connectivity index (χ3v) is 4.24. The first-order chi connectivity index (χ1) is 10.1. The molecule has 1 aliphatic heterocycles. The van der Waals surface area contributed by atoms with Crippen LogP contribution < -0.4 is 5.01 Å². The average molecular weight is 343 g/mol. The third kappa shape index (κ3) is 2.47. The molecule has 2 aromatic rings. The molecule has 4 heteroatoms. The molecular formula is C17H15BrN2O. The Bertz CT molecular complexity index is 722. The zero-order valence-corrected chi connectivity index (χ0v) is 13.5. The molecule has 0 saturated heterocycles. The number of carbonyl (C=O) groups is 1. The summed E-state index contributed by atoms with van der Waals surface area (Å²) in [4.78, 5) is 12.7. The van der Waals surface area contributed by atoms with Crippen LogP contribution >= 0.6 is 15.9 Å². The summed E-state index contributed by atoms with van der Waals surface area (Å²) in [5, 5.41) is 3.87. The lowest BCUT2D eigenvalue weighted by molar-refractivity contribution is 0.0997. The van der Waals surface area contributed by atoms with E-state index >= 15 is 0 Å². The molecule has 0 atom stereocenters. The molecule has 1 aliphatic rings. The molecule has 0 bridgehead atoms. The summed E-state index contributed by atoms with van der Waals surface area (Å²) in [7, 11) is 3.86. The quantitative estimate of drug-likeness (QED) is 0.771. The maximum Gasteiger partial charge on any atom is 0.210 e. The molecule has 2 aromatic carbocycles. The van der Waals surface area contributed by atoms with Crippen molar-refractivity contribution in [2.24, 2.45) is 0 Å². The van der Waals surface area contributed by atoms with Gasteiger partial charge in [-0.1, -0.05) is 34.1 Å². The molecule has 0 spiro atoms. The highest BCUT2D eigenvalue weighted by molar-refractivity contribution is 9.10. The van der Waals surface area contributed by atoms with Crippen LogP contribution in [0, 0.1) is 0 Å². The molecule has 0 fully saturated rings. The Morgan fingerprint density at radius 2 is 1.62 bits per heavy atom. The van der Waals surface area contributed by atoms with E-state index < -0.39 is 0 Å². The van der Waals surface area contributed by atoms with Crippen LogP contribution in [0.4, 0.5) is 5.69 Å². The van der Waals surface area contributed by atoms with E-state index in [9.17, 15) is 4.79 Å². The standard InChI is InChI=1S/C17H15BrN2O/c1-19-15-6-4-3-5-13(15)11-16(20(19)2)17(21)12-7-9-14(18)10-8-12/h3-11H,1-2H3. The Hall–Kier alpha value is -2.07. The number of carbonyl (C=O) groups excluding carboxylic acids is 1. The summed E-state index contributed by atoms with van der Waals surface area (Å²) >= 11 is 3.39. The average Bonchev–Trinajstić information content (AvgIpc) is 2.51. The highest BCUT2D eigenvalue weighted by Gasteiger charge is 2.24. The van der Waals surface area contributed by atoms with Gasteiger partial charge in [-0.05, 0) is 36.4 Å². The Balaban J connectivity index is 2.04. The highest BCUT2D eigenvalue weighted by Crippen LogP contribution is 2.31. The van der Waals surface area contributed by atoms with Gasteiger partial charge in [0.1, 0.15) is 5.70 Å². The van der Waals surface area contributed by atoms with E-state index in [1.165, 1.54) is 0 Å². The summed E-state index contributed by atoms with van der Waals surface area (Å²) < 4.78 is 0.965. The van der Waals surface area contributed by atoms with Crippen molar-refractivity contribution in [3.8, 4) is 0 Å². The maximum atomic E-state index is 12.7. The maximum absolute atomic E-state index is 12.7. The number of hydrogen-bond donors (Lipinski definition) is 0. The number of para-hydroxylation sites is 1. The molecule has 0 aliphatic carbocycles. The first-order valence-electron chi connectivity index (χ1n) is 6.66. The first-order valence-corrected chi connectivity index (χ1v) is 7.45. The van der Waals surface area contributed by atoms with Gasteiger partial charge in [0.15, 0.2) is 0 Å². The van der Waals surface area contributed by atoms with Crippen molar-refractivity contribution in [3.63, 3.8) is 0 Å². The fraction of sp³-hybridized carbons (Fsp3) is 0.118. The van der Waals surface area contributed by atoms with E-state index in [4.69, 9.17) is 0 Å². The molecular weight excluding hydrogens is 328 g/mol. The molecule has 3 nitrogen and oxygen atoms in total. The number of nitrogens with zero attached hydrogens (tertiary/aromatic N) is 2. The number of likely N-dealkylation sites (N-methyl/N-ethyl adjacent to an activating group) is 1. The van der Waals surface area contributed by atoms with Gasteiger partial charge < -0.3 is 0 Å².